The van der Waals surface area contributed by atoms with Gasteiger partial charge >= 0.3 is 0 Å². The fraction of sp³-hybridized carbons (Fsp3) is 0.143. The van der Waals surface area contributed by atoms with Crippen molar-refractivity contribution < 1.29 is 0 Å². The number of fused-ring (bicyclic) bond motifs is 3. The van der Waals surface area contributed by atoms with E-state index in [1.165, 1.54) is 27.1 Å². The van der Waals surface area contributed by atoms with E-state index in [2.05, 4.69) is 36.6 Å². The maximum absolute atomic E-state index is 5.82. The van der Waals surface area contributed by atoms with Gasteiger partial charge in [-0.3, -0.25) is 0 Å². The van der Waals surface area contributed by atoms with Gasteiger partial charge in [-0.15, -0.1) is 11.8 Å². The number of nitrogen functional groups attached to an aromatic ring is 1. The second-order valence-electron chi connectivity index (χ2n) is 4.12. The molecule has 0 radical (unpaired) electrons. The van der Waals surface area contributed by atoms with Crippen LogP contribution in [0, 0.1) is 0 Å². The molecule has 1 nitrogen and oxygen atoms in total. The third-order valence-corrected chi connectivity index (χ3v) is 3.84. The van der Waals surface area contributed by atoms with Gasteiger partial charge in [0, 0.05) is 10.6 Å². The molecule has 1 aliphatic rings. The molecule has 0 unspecified atom stereocenters. The normalized spacial score (nSPS) is 12.3. The van der Waals surface area contributed by atoms with Crippen molar-refractivity contribution in [2.24, 2.45) is 0 Å². The summed E-state index contributed by atoms with van der Waals surface area (Å²) in [5.41, 5.74) is 12.2. The molecule has 80 valence electrons. The van der Waals surface area contributed by atoms with E-state index in [1.54, 1.807) is 11.8 Å². The zero-order valence-corrected chi connectivity index (χ0v) is 9.97. The molecule has 0 fully saturated rings. The van der Waals surface area contributed by atoms with Gasteiger partial charge in [-0.05, 0) is 59.2 Å². The Labute approximate surface area is 99.7 Å². The third kappa shape index (κ3) is 1.41. The van der Waals surface area contributed by atoms with Gasteiger partial charge in [0.1, 0.15) is 0 Å². The fourth-order valence-corrected chi connectivity index (χ4v) is 2.76. The van der Waals surface area contributed by atoms with Gasteiger partial charge in [0.15, 0.2) is 0 Å². The topological polar surface area (TPSA) is 26.0 Å². The first-order valence-corrected chi connectivity index (χ1v) is 6.56. The van der Waals surface area contributed by atoms with Gasteiger partial charge in [0.2, 0.25) is 0 Å². The number of thioether (sulfide) groups is 1. The molecule has 0 atom stereocenters. The first kappa shape index (κ1) is 9.79. The summed E-state index contributed by atoms with van der Waals surface area (Å²) in [7, 11) is 0. The highest BCUT2D eigenvalue weighted by Gasteiger charge is 2.18. The maximum atomic E-state index is 5.82. The summed E-state index contributed by atoms with van der Waals surface area (Å²) in [6, 6.07) is 12.9. The number of hydrogen-bond donors (Lipinski definition) is 1. The van der Waals surface area contributed by atoms with E-state index in [0.29, 0.717) is 0 Å². The Kier molecular flexibility index (Phi) is 2.18. The largest absolute Gasteiger partial charge is 0.399 e. The summed E-state index contributed by atoms with van der Waals surface area (Å²) in [5, 5.41) is 0. The summed E-state index contributed by atoms with van der Waals surface area (Å²) >= 11 is 1.79. The van der Waals surface area contributed by atoms with Crippen molar-refractivity contribution in [1.82, 2.24) is 0 Å². The summed E-state index contributed by atoms with van der Waals surface area (Å²) in [6.07, 6.45) is 3.13. The fourth-order valence-electron chi connectivity index (χ4n) is 2.32. The van der Waals surface area contributed by atoms with Crippen LogP contribution in [0.15, 0.2) is 41.3 Å². The standard InChI is InChI=1S/C14H13NS/c1-16-12-4-2-9-6-10-7-11(15)3-5-13(10)14(9)8-12/h2-5,7-8H,6,15H2,1H3. The van der Waals surface area contributed by atoms with Crippen LogP contribution in [0.3, 0.4) is 0 Å². The molecule has 0 saturated heterocycles. The highest BCUT2D eigenvalue weighted by atomic mass is 32.2. The highest BCUT2D eigenvalue weighted by molar-refractivity contribution is 7.98. The lowest BCUT2D eigenvalue weighted by molar-refractivity contribution is 1.25. The Morgan fingerprint density at radius 3 is 2.69 bits per heavy atom. The number of anilines is 1. The van der Waals surface area contributed by atoms with Crippen molar-refractivity contribution >= 4 is 17.4 Å². The van der Waals surface area contributed by atoms with E-state index in [4.69, 9.17) is 5.73 Å². The average molecular weight is 227 g/mol. The molecule has 3 rings (SSSR count). The smallest absolute Gasteiger partial charge is 0.0317 e. The molecule has 2 aromatic carbocycles. The first-order chi connectivity index (χ1) is 7.78. The van der Waals surface area contributed by atoms with E-state index >= 15 is 0 Å². The van der Waals surface area contributed by atoms with E-state index in [0.717, 1.165) is 12.1 Å². The molecule has 2 aromatic rings. The minimum Gasteiger partial charge on any atom is -0.399 e. The van der Waals surface area contributed by atoms with Crippen LogP contribution in [-0.4, -0.2) is 6.26 Å². The van der Waals surface area contributed by atoms with Crippen molar-refractivity contribution in [2.45, 2.75) is 11.3 Å². The van der Waals surface area contributed by atoms with Crippen LogP contribution in [0.5, 0.6) is 0 Å². The summed E-state index contributed by atoms with van der Waals surface area (Å²) < 4.78 is 0. The predicted octanol–water partition coefficient (Wildman–Crippen LogP) is 3.56. The van der Waals surface area contributed by atoms with Crippen LogP contribution < -0.4 is 5.73 Å². The maximum Gasteiger partial charge on any atom is 0.0317 e. The van der Waals surface area contributed by atoms with Crippen LogP contribution >= 0.6 is 11.8 Å². The Morgan fingerprint density at radius 1 is 1.00 bits per heavy atom. The zero-order valence-electron chi connectivity index (χ0n) is 9.16. The molecule has 2 heteroatoms. The molecule has 0 spiro atoms. The Balaban J connectivity index is 2.19. The zero-order chi connectivity index (χ0) is 11.1. The quantitative estimate of drug-likeness (QED) is 0.508. The van der Waals surface area contributed by atoms with E-state index in [-0.39, 0.29) is 0 Å². The van der Waals surface area contributed by atoms with Gasteiger partial charge in [0.25, 0.3) is 0 Å². The Morgan fingerprint density at radius 2 is 1.88 bits per heavy atom. The van der Waals surface area contributed by atoms with Crippen LogP contribution in [0.4, 0.5) is 5.69 Å². The van der Waals surface area contributed by atoms with Gasteiger partial charge in [-0.1, -0.05) is 12.1 Å². The molecule has 0 saturated carbocycles. The van der Waals surface area contributed by atoms with Crippen molar-refractivity contribution in [1.29, 1.82) is 0 Å². The van der Waals surface area contributed by atoms with Crippen LogP contribution in [-0.2, 0) is 6.42 Å². The predicted molar refractivity (Wildman–Crippen MR) is 70.9 cm³/mol. The Hall–Kier alpha value is -1.41. The number of hydrogen-bond acceptors (Lipinski definition) is 2. The first-order valence-electron chi connectivity index (χ1n) is 5.33. The molecule has 2 N–H and O–H groups in total. The summed E-state index contributed by atoms with van der Waals surface area (Å²) in [4.78, 5) is 1.32. The van der Waals surface area contributed by atoms with Crippen molar-refractivity contribution in [3.05, 3.63) is 47.5 Å². The average Bonchev–Trinajstić information content (AvgIpc) is 2.65. The second-order valence-corrected chi connectivity index (χ2v) is 5.00. The highest BCUT2D eigenvalue weighted by Crippen LogP contribution is 2.39. The van der Waals surface area contributed by atoms with Gasteiger partial charge in [0.05, 0.1) is 0 Å². The van der Waals surface area contributed by atoms with Crippen molar-refractivity contribution in [3.8, 4) is 11.1 Å². The van der Waals surface area contributed by atoms with Crippen molar-refractivity contribution in [2.75, 3.05) is 12.0 Å². The molecule has 0 amide bonds. The summed E-state index contributed by atoms with van der Waals surface area (Å²) in [5.74, 6) is 0. The number of nitrogens with two attached hydrogens (primary N) is 1. The second kappa shape index (κ2) is 3.56. The minimum absolute atomic E-state index is 0.858. The third-order valence-electron chi connectivity index (χ3n) is 3.12. The van der Waals surface area contributed by atoms with Gasteiger partial charge in [-0.2, -0.15) is 0 Å². The van der Waals surface area contributed by atoms with Gasteiger partial charge < -0.3 is 5.73 Å². The van der Waals surface area contributed by atoms with E-state index in [9.17, 15) is 0 Å². The monoisotopic (exact) mass is 227 g/mol. The molecule has 0 aliphatic heterocycles. The molecule has 0 aromatic heterocycles. The molecular formula is C14H13NS. The number of rotatable bonds is 1. The SMILES string of the molecule is CSc1ccc2c(c1)-c1ccc(N)cc1C2. The molecule has 0 heterocycles. The molecule has 1 aliphatic carbocycles. The van der Waals surface area contributed by atoms with Crippen LogP contribution in [0.1, 0.15) is 11.1 Å². The number of benzene rings is 2. The molecule has 16 heavy (non-hydrogen) atoms. The van der Waals surface area contributed by atoms with Crippen LogP contribution in [0.25, 0.3) is 11.1 Å². The minimum atomic E-state index is 0.858. The van der Waals surface area contributed by atoms with Crippen LogP contribution in [0.2, 0.25) is 0 Å². The van der Waals surface area contributed by atoms with Crippen molar-refractivity contribution in [3.63, 3.8) is 0 Å². The summed E-state index contributed by atoms with van der Waals surface area (Å²) in [6.45, 7) is 0. The Bertz CT molecular complexity index is 561. The molecule has 0 bridgehead atoms. The molecular weight excluding hydrogens is 214 g/mol. The van der Waals surface area contributed by atoms with Gasteiger partial charge in [-0.25, -0.2) is 0 Å². The van der Waals surface area contributed by atoms with E-state index < -0.39 is 0 Å². The lowest BCUT2D eigenvalue weighted by Crippen LogP contribution is -1.86. The lowest BCUT2D eigenvalue weighted by Gasteiger charge is -2.03. The lowest BCUT2D eigenvalue weighted by atomic mass is 10.1. The van der Waals surface area contributed by atoms with E-state index in [1.807, 2.05) is 6.07 Å².